The first kappa shape index (κ1) is 14.3. The average molecular weight is 298 g/mol. The second-order valence-electron chi connectivity index (χ2n) is 5.35. The molecular weight excluding hydrogens is 280 g/mol. The highest BCUT2D eigenvalue weighted by atomic mass is 16.2. The Morgan fingerprint density at radius 1 is 1.36 bits per heavy atom. The van der Waals surface area contributed by atoms with Crippen LogP contribution >= 0.6 is 0 Å². The molecule has 1 aromatic carbocycles. The fourth-order valence-electron chi connectivity index (χ4n) is 2.66. The lowest BCUT2D eigenvalue weighted by Gasteiger charge is -2.14. The fourth-order valence-corrected chi connectivity index (χ4v) is 2.66. The van der Waals surface area contributed by atoms with Crippen molar-refractivity contribution >= 4 is 23.2 Å². The van der Waals surface area contributed by atoms with Crippen LogP contribution in [0, 0.1) is 0 Å². The lowest BCUT2D eigenvalue weighted by Crippen LogP contribution is -2.25. The number of nitrogens with one attached hydrogen (secondary N) is 2. The summed E-state index contributed by atoms with van der Waals surface area (Å²) in [5.74, 6) is -0.198. The normalized spacial score (nSPS) is 13.1. The van der Waals surface area contributed by atoms with Crippen molar-refractivity contribution in [2.24, 2.45) is 0 Å². The van der Waals surface area contributed by atoms with E-state index in [4.69, 9.17) is 0 Å². The van der Waals surface area contributed by atoms with E-state index in [1.807, 2.05) is 25.1 Å². The second kappa shape index (κ2) is 5.63. The lowest BCUT2D eigenvalue weighted by molar-refractivity contribution is -0.116. The van der Waals surface area contributed by atoms with E-state index in [1.165, 1.54) is 0 Å². The summed E-state index contributed by atoms with van der Waals surface area (Å²) in [7, 11) is 0. The van der Waals surface area contributed by atoms with Crippen molar-refractivity contribution < 1.29 is 9.59 Å². The quantitative estimate of drug-likeness (QED) is 0.911. The molecule has 0 aliphatic carbocycles. The number of hydrogen-bond acceptors (Lipinski definition) is 3. The van der Waals surface area contributed by atoms with Gasteiger partial charge in [-0.3, -0.25) is 14.7 Å². The largest absolute Gasteiger partial charge is 0.321 e. The zero-order valence-corrected chi connectivity index (χ0v) is 12.6. The Morgan fingerprint density at radius 2 is 2.18 bits per heavy atom. The molecule has 3 rings (SSSR count). The number of carbonyl (C=O) groups is 2. The van der Waals surface area contributed by atoms with Gasteiger partial charge in [0.2, 0.25) is 5.91 Å². The summed E-state index contributed by atoms with van der Waals surface area (Å²) in [5, 5.41) is 9.67. The van der Waals surface area contributed by atoms with Gasteiger partial charge in [-0.05, 0) is 42.7 Å². The number of fused-ring (bicyclic) bond motifs is 1. The van der Waals surface area contributed by atoms with Gasteiger partial charge in [-0.2, -0.15) is 5.10 Å². The Kier molecular flexibility index (Phi) is 3.66. The molecule has 2 N–H and O–H groups in total. The SMILES string of the molecule is CCc1cc(C(=O)Nc2ccc3c(c2)CCN3C(C)=O)n[nH]1. The zero-order chi connectivity index (χ0) is 15.7. The molecule has 2 heterocycles. The Morgan fingerprint density at radius 3 is 2.86 bits per heavy atom. The third-order valence-electron chi connectivity index (χ3n) is 3.86. The first-order valence-electron chi connectivity index (χ1n) is 7.35. The summed E-state index contributed by atoms with van der Waals surface area (Å²) >= 11 is 0. The van der Waals surface area contributed by atoms with Gasteiger partial charge in [0.1, 0.15) is 0 Å². The van der Waals surface area contributed by atoms with Crippen LogP contribution in [-0.2, 0) is 17.6 Å². The molecule has 0 atom stereocenters. The lowest BCUT2D eigenvalue weighted by atomic mass is 10.1. The minimum Gasteiger partial charge on any atom is -0.321 e. The van der Waals surface area contributed by atoms with Gasteiger partial charge in [-0.25, -0.2) is 0 Å². The second-order valence-corrected chi connectivity index (χ2v) is 5.35. The topological polar surface area (TPSA) is 78.1 Å². The zero-order valence-electron chi connectivity index (χ0n) is 12.6. The van der Waals surface area contributed by atoms with E-state index in [0.29, 0.717) is 12.2 Å². The molecule has 0 bridgehead atoms. The summed E-state index contributed by atoms with van der Waals surface area (Å²) in [6.45, 7) is 4.26. The summed E-state index contributed by atoms with van der Waals surface area (Å²) in [6.07, 6.45) is 1.61. The molecular formula is C16H18N4O2. The number of anilines is 2. The van der Waals surface area contributed by atoms with E-state index in [1.54, 1.807) is 17.9 Å². The van der Waals surface area contributed by atoms with Crippen molar-refractivity contribution in [3.05, 3.63) is 41.2 Å². The highest BCUT2D eigenvalue weighted by molar-refractivity contribution is 6.03. The van der Waals surface area contributed by atoms with E-state index in [9.17, 15) is 9.59 Å². The highest BCUT2D eigenvalue weighted by Crippen LogP contribution is 2.30. The molecule has 1 aliphatic rings. The fraction of sp³-hybridized carbons (Fsp3) is 0.312. The van der Waals surface area contributed by atoms with Gasteiger partial charge in [0.25, 0.3) is 5.91 Å². The Balaban J connectivity index is 1.77. The predicted octanol–water partition coefficient (Wildman–Crippen LogP) is 2.13. The number of aromatic nitrogens is 2. The van der Waals surface area contributed by atoms with Gasteiger partial charge < -0.3 is 10.2 Å². The minimum atomic E-state index is -0.239. The third kappa shape index (κ3) is 2.59. The Hall–Kier alpha value is -2.63. The molecule has 1 aliphatic heterocycles. The monoisotopic (exact) mass is 298 g/mol. The number of aromatic amines is 1. The van der Waals surface area contributed by atoms with Crippen LogP contribution in [0.3, 0.4) is 0 Å². The summed E-state index contributed by atoms with van der Waals surface area (Å²) in [6, 6.07) is 7.36. The van der Waals surface area contributed by atoms with Gasteiger partial charge >= 0.3 is 0 Å². The maximum Gasteiger partial charge on any atom is 0.276 e. The molecule has 0 radical (unpaired) electrons. The van der Waals surface area contributed by atoms with Gasteiger partial charge in [0.05, 0.1) is 0 Å². The number of nitrogens with zero attached hydrogens (tertiary/aromatic N) is 2. The summed E-state index contributed by atoms with van der Waals surface area (Å²) < 4.78 is 0. The molecule has 2 amide bonds. The molecule has 6 heteroatoms. The molecule has 0 fully saturated rings. The summed E-state index contributed by atoms with van der Waals surface area (Å²) in [4.78, 5) is 25.4. The van der Waals surface area contributed by atoms with E-state index < -0.39 is 0 Å². The smallest absolute Gasteiger partial charge is 0.276 e. The molecule has 0 unspecified atom stereocenters. The number of amides is 2. The van der Waals surface area contributed by atoms with Crippen LogP contribution in [0.1, 0.15) is 35.6 Å². The van der Waals surface area contributed by atoms with Crippen LogP contribution in [-0.4, -0.2) is 28.6 Å². The number of rotatable bonds is 3. The first-order valence-corrected chi connectivity index (χ1v) is 7.35. The maximum absolute atomic E-state index is 12.2. The number of carbonyl (C=O) groups excluding carboxylic acids is 2. The van der Waals surface area contributed by atoms with Gasteiger partial charge in [0, 0.05) is 30.5 Å². The molecule has 114 valence electrons. The average Bonchev–Trinajstić information content (AvgIpc) is 3.13. The van der Waals surface area contributed by atoms with Crippen LogP contribution in [0.5, 0.6) is 0 Å². The summed E-state index contributed by atoms with van der Waals surface area (Å²) in [5.41, 5.74) is 4.02. The third-order valence-corrected chi connectivity index (χ3v) is 3.86. The van der Waals surface area contributed by atoms with Crippen LogP contribution in [0.25, 0.3) is 0 Å². The van der Waals surface area contributed by atoms with Crippen LogP contribution < -0.4 is 10.2 Å². The molecule has 0 saturated heterocycles. The Labute approximate surface area is 128 Å². The first-order chi connectivity index (χ1) is 10.6. The van der Waals surface area contributed by atoms with Crippen LogP contribution in [0.2, 0.25) is 0 Å². The predicted molar refractivity (Wildman–Crippen MR) is 84.1 cm³/mol. The molecule has 0 spiro atoms. The van der Waals surface area contributed by atoms with Crippen LogP contribution in [0.15, 0.2) is 24.3 Å². The maximum atomic E-state index is 12.2. The molecule has 6 nitrogen and oxygen atoms in total. The molecule has 1 aromatic heterocycles. The number of benzene rings is 1. The van der Waals surface area contributed by atoms with Crippen molar-refractivity contribution in [1.29, 1.82) is 0 Å². The van der Waals surface area contributed by atoms with E-state index in [2.05, 4.69) is 15.5 Å². The minimum absolute atomic E-state index is 0.0409. The molecule has 22 heavy (non-hydrogen) atoms. The van der Waals surface area contributed by atoms with E-state index in [0.717, 1.165) is 35.5 Å². The van der Waals surface area contributed by atoms with Crippen LogP contribution in [0.4, 0.5) is 11.4 Å². The van der Waals surface area contributed by atoms with Crippen molar-refractivity contribution in [3.8, 4) is 0 Å². The van der Waals surface area contributed by atoms with Gasteiger partial charge in [0.15, 0.2) is 5.69 Å². The molecule has 2 aromatic rings. The van der Waals surface area contributed by atoms with Gasteiger partial charge in [-0.15, -0.1) is 0 Å². The van der Waals surface area contributed by atoms with Crippen molar-refractivity contribution in [3.63, 3.8) is 0 Å². The van der Waals surface area contributed by atoms with Crippen molar-refractivity contribution in [2.75, 3.05) is 16.8 Å². The standard InChI is InChI=1S/C16H18N4O2/c1-3-12-9-14(19-18-12)16(22)17-13-4-5-15-11(8-13)6-7-20(15)10(2)21/h4-5,8-9H,3,6-7H2,1-2H3,(H,17,22)(H,18,19). The van der Waals surface area contributed by atoms with E-state index in [-0.39, 0.29) is 11.8 Å². The number of H-pyrrole nitrogens is 1. The van der Waals surface area contributed by atoms with Gasteiger partial charge in [-0.1, -0.05) is 6.92 Å². The number of aryl methyl sites for hydroxylation is 1. The van der Waals surface area contributed by atoms with Crippen molar-refractivity contribution in [1.82, 2.24) is 10.2 Å². The Bertz CT molecular complexity index is 735. The van der Waals surface area contributed by atoms with E-state index >= 15 is 0 Å². The van der Waals surface area contributed by atoms with Crippen molar-refractivity contribution in [2.45, 2.75) is 26.7 Å². The molecule has 0 saturated carbocycles. The number of hydrogen-bond donors (Lipinski definition) is 2. The highest BCUT2D eigenvalue weighted by Gasteiger charge is 2.22.